The topological polar surface area (TPSA) is 91.4 Å². The van der Waals surface area contributed by atoms with Crippen molar-refractivity contribution in [3.63, 3.8) is 0 Å². The van der Waals surface area contributed by atoms with Gasteiger partial charge in [0.2, 0.25) is 0 Å². The summed E-state index contributed by atoms with van der Waals surface area (Å²) in [5.74, 6) is 0.754. The fourth-order valence-electron chi connectivity index (χ4n) is 2.64. The molecule has 0 spiro atoms. The Morgan fingerprint density at radius 2 is 2.00 bits per heavy atom. The van der Waals surface area contributed by atoms with Crippen molar-refractivity contribution in [1.82, 2.24) is 9.80 Å². The second kappa shape index (κ2) is 5.71. The number of carbonyl (C=O) groups is 1. The number of hydrogen-bond acceptors (Lipinski definition) is 5. The molecule has 2 aliphatic rings. The van der Waals surface area contributed by atoms with Crippen molar-refractivity contribution in [3.8, 4) is 0 Å². The first-order valence-corrected chi connectivity index (χ1v) is 7.40. The highest BCUT2D eigenvalue weighted by atomic mass is 16.6. The van der Waals surface area contributed by atoms with Crippen molar-refractivity contribution in [2.75, 3.05) is 20.1 Å². The van der Waals surface area contributed by atoms with Crippen LogP contribution in [-0.4, -0.2) is 64.8 Å². The molecule has 1 heterocycles. The average Bonchev–Trinajstić information content (AvgIpc) is 3.13. The summed E-state index contributed by atoms with van der Waals surface area (Å²) in [5, 5.41) is 12.0. The van der Waals surface area contributed by atoms with Crippen molar-refractivity contribution < 1.29 is 14.7 Å². The van der Waals surface area contributed by atoms with Gasteiger partial charge in [-0.3, -0.25) is 4.90 Å². The molecule has 7 heteroatoms. The fourth-order valence-corrected chi connectivity index (χ4v) is 2.64. The molecule has 0 bridgehead atoms. The lowest BCUT2D eigenvalue weighted by atomic mass is 10.0. The van der Waals surface area contributed by atoms with Crippen molar-refractivity contribution in [3.05, 3.63) is 0 Å². The first-order valence-electron chi connectivity index (χ1n) is 7.40. The number of oxime groups is 1. The molecule has 1 amide bonds. The van der Waals surface area contributed by atoms with Gasteiger partial charge in [-0.2, -0.15) is 0 Å². The van der Waals surface area contributed by atoms with E-state index in [2.05, 4.69) is 10.1 Å². The van der Waals surface area contributed by atoms with Gasteiger partial charge in [0.25, 0.3) is 0 Å². The lowest BCUT2D eigenvalue weighted by Gasteiger charge is -2.47. The van der Waals surface area contributed by atoms with Crippen LogP contribution in [0, 0.1) is 5.92 Å². The number of hydrogen-bond donors (Lipinski definition) is 2. The molecule has 0 aromatic carbocycles. The quantitative estimate of drug-likeness (QED) is 0.350. The number of amides is 1. The smallest absolute Gasteiger partial charge is 0.410 e. The molecule has 2 fully saturated rings. The van der Waals surface area contributed by atoms with E-state index in [4.69, 9.17) is 15.7 Å². The maximum Gasteiger partial charge on any atom is 0.410 e. The Labute approximate surface area is 125 Å². The van der Waals surface area contributed by atoms with Crippen molar-refractivity contribution in [2.24, 2.45) is 16.8 Å². The van der Waals surface area contributed by atoms with Crippen LogP contribution in [0.25, 0.3) is 0 Å². The van der Waals surface area contributed by atoms with Crippen LogP contribution in [-0.2, 0) is 4.74 Å². The summed E-state index contributed by atoms with van der Waals surface area (Å²) in [7, 11) is 1.76. The minimum Gasteiger partial charge on any atom is -0.444 e. The number of likely N-dealkylation sites (N-methyl/N-ethyl adjacent to an activating group) is 1. The molecular formula is C14H26N4O3. The molecule has 120 valence electrons. The Kier molecular flexibility index (Phi) is 4.32. The van der Waals surface area contributed by atoms with Crippen LogP contribution in [0.15, 0.2) is 5.16 Å². The first kappa shape index (κ1) is 15.9. The summed E-state index contributed by atoms with van der Waals surface area (Å²) in [6.45, 7) is 7.02. The zero-order chi connectivity index (χ0) is 15.8. The number of nitrogens with two attached hydrogens (primary N) is 1. The van der Waals surface area contributed by atoms with E-state index in [9.17, 15) is 4.79 Å². The molecule has 0 radical (unpaired) electrons. The summed E-state index contributed by atoms with van der Waals surface area (Å²) < 4.78 is 5.36. The van der Waals surface area contributed by atoms with Gasteiger partial charge in [-0.15, -0.1) is 0 Å². The summed E-state index contributed by atoms with van der Waals surface area (Å²) >= 11 is 0. The Bertz CT molecular complexity index is 422. The Balaban J connectivity index is 1.86. The zero-order valence-electron chi connectivity index (χ0n) is 13.2. The van der Waals surface area contributed by atoms with Gasteiger partial charge >= 0.3 is 6.09 Å². The van der Waals surface area contributed by atoms with E-state index < -0.39 is 5.60 Å². The first-order chi connectivity index (χ1) is 9.73. The number of ether oxygens (including phenoxy) is 1. The molecule has 1 saturated heterocycles. The molecule has 2 rings (SSSR count). The molecule has 1 aliphatic carbocycles. The zero-order valence-corrected chi connectivity index (χ0v) is 13.2. The van der Waals surface area contributed by atoms with Crippen LogP contribution < -0.4 is 5.73 Å². The van der Waals surface area contributed by atoms with Crippen LogP contribution in [0.1, 0.15) is 33.6 Å². The molecule has 1 atom stereocenters. The molecule has 1 saturated carbocycles. The standard InChI is InChI=1S/C14H26N4O3/c1-14(2,3)21-13(19)17(4)10-7-18(8-10)11(9-5-6-9)12(15)16-20/h9-11,20H,5-8H2,1-4H3,(H2,15,16)/t11-/m1/s1. The lowest BCUT2D eigenvalue weighted by Crippen LogP contribution is -2.65. The van der Waals surface area contributed by atoms with Crippen molar-refractivity contribution >= 4 is 11.9 Å². The van der Waals surface area contributed by atoms with Crippen LogP contribution in [0.3, 0.4) is 0 Å². The maximum absolute atomic E-state index is 12.0. The third-order valence-electron chi connectivity index (χ3n) is 4.00. The largest absolute Gasteiger partial charge is 0.444 e. The van der Waals surface area contributed by atoms with Gasteiger partial charge in [-0.25, -0.2) is 4.79 Å². The highest BCUT2D eigenvalue weighted by molar-refractivity contribution is 5.86. The second-order valence-electron chi connectivity index (χ2n) is 7.01. The molecule has 7 nitrogen and oxygen atoms in total. The van der Waals surface area contributed by atoms with Gasteiger partial charge in [0.15, 0.2) is 5.84 Å². The molecule has 3 N–H and O–H groups in total. The number of carbonyl (C=O) groups excluding carboxylic acids is 1. The van der Waals surface area contributed by atoms with E-state index in [1.807, 2.05) is 20.8 Å². The summed E-state index contributed by atoms with van der Waals surface area (Å²) in [5.41, 5.74) is 5.30. The van der Waals surface area contributed by atoms with E-state index in [1.54, 1.807) is 11.9 Å². The monoisotopic (exact) mass is 298 g/mol. The van der Waals surface area contributed by atoms with E-state index in [0.29, 0.717) is 5.92 Å². The van der Waals surface area contributed by atoms with Gasteiger partial charge in [0, 0.05) is 20.1 Å². The minimum atomic E-state index is -0.487. The number of rotatable bonds is 4. The average molecular weight is 298 g/mol. The fraction of sp³-hybridized carbons (Fsp3) is 0.857. The van der Waals surface area contributed by atoms with Gasteiger partial charge < -0.3 is 20.6 Å². The van der Waals surface area contributed by atoms with Gasteiger partial charge in [0.05, 0.1) is 12.1 Å². The summed E-state index contributed by atoms with van der Waals surface area (Å²) in [6.07, 6.45) is 1.92. The summed E-state index contributed by atoms with van der Waals surface area (Å²) in [4.78, 5) is 15.8. The second-order valence-corrected chi connectivity index (χ2v) is 7.01. The SMILES string of the molecule is CN(C(=O)OC(C)(C)C)C1CN([C@@H](C(N)=NO)C2CC2)C1. The van der Waals surface area contributed by atoms with Crippen LogP contribution in [0.5, 0.6) is 0 Å². The van der Waals surface area contributed by atoms with E-state index in [0.717, 1.165) is 25.9 Å². The predicted molar refractivity (Wildman–Crippen MR) is 79.3 cm³/mol. The maximum atomic E-state index is 12.0. The van der Waals surface area contributed by atoms with Crippen LogP contribution in [0.4, 0.5) is 4.79 Å². The van der Waals surface area contributed by atoms with Crippen molar-refractivity contribution in [2.45, 2.75) is 51.3 Å². The van der Waals surface area contributed by atoms with E-state index in [-0.39, 0.29) is 24.0 Å². The highest BCUT2D eigenvalue weighted by Crippen LogP contribution is 2.37. The molecule has 0 aromatic rings. The Morgan fingerprint density at radius 1 is 1.43 bits per heavy atom. The van der Waals surface area contributed by atoms with Crippen LogP contribution in [0.2, 0.25) is 0 Å². The third-order valence-corrected chi connectivity index (χ3v) is 4.00. The Morgan fingerprint density at radius 3 is 2.43 bits per heavy atom. The van der Waals surface area contributed by atoms with E-state index in [1.165, 1.54) is 0 Å². The normalized spacial score (nSPS) is 22.6. The van der Waals surface area contributed by atoms with E-state index >= 15 is 0 Å². The predicted octanol–water partition coefficient (Wildman–Crippen LogP) is 1.06. The van der Waals surface area contributed by atoms with Crippen molar-refractivity contribution in [1.29, 1.82) is 0 Å². The van der Waals surface area contributed by atoms with Gasteiger partial charge in [0.1, 0.15) is 5.60 Å². The number of amidine groups is 1. The number of nitrogens with zero attached hydrogens (tertiary/aromatic N) is 3. The highest BCUT2D eigenvalue weighted by Gasteiger charge is 2.45. The lowest BCUT2D eigenvalue weighted by molar-refractivity contribution is -0.0106. The molecular weight excluding hydrogens is 272 g/mol. The van der Waals surface area contributed by atoms with Gasteiger partial charge in [-0.1, -0.05) is 5.16 Å². The van der Waals surface area contributed by atoms with Gasteiger partial charge in [-0.05, 0) is 39.5 Å². The molecule has 0 unspecified atom stereocenters. The molecule has 1 aliphatic heterocycles. The molecule has 0 aromatic heterocycles. The number of likely N-dealkylation sites (tertiary alicyclic amines) is 1. The summed E-state index contributed by atoms with van der Waals surface area (Å²) in [6, 6.07) is 0.117. The van der Waals surface area contributed by atoms with Crippen LogP contribution >= 0.6 is 0 Å². The Hall–Kier alpha value is -1.50. The third kappa shape index (κ3) is 3.78. The molecule has 21 heavy (non-hydrogen) atoms. The minimum absolute atomic E-state index is 0.00159.